The standard InChI is InChI=1S/C13H18ClN/c1-10(15-13-3-2-4-13)9-11-5-7-12(14)8-6-11/h5-8,10,13,15H,2-4,9H2,1H3. The summed E-state index contributed by atoms with van der Waals surface area (Å²) in [7, 11) is 0. The molecule has 1 nitrogen and oxygen atoms in total. The lowest BCUT2D eigenvalue weighted by Gasteiger charge is -2.30. The molecule has 0 aromatic heterocycles. The molecule has 0 aliphatic heterocycles. The molecule has 0 bridgehead atoms. The van der Waals surface area contributed by atoms with E-state index in [-0.39, 0.29) is 0 Å². The maximum Gasteiger partial charge on any atom is 0.0406 e. The summed E-state index contributed by atoms with van der Waals surface area (Å²) in [6.45, 7) is 2.26. The third-order valence-corrected chi connectivity index (χ3v) is 3.33. The third-order valence-electron chi connectivity index (χ3n) is 3.08. The van der Waals surface area contributed by atoms with Gasteiger partial charge in [-0.25, -0.2) is 0 Å². The quantitative estimate of drug-likeness (QED) is 0.825. The van der Waals surface area contributed by atoms with Crippen molar-refractivity contribution in [2.45, 2.75) is 44.7 Å². The van der Waals surface area contributed by atoms with Crippen molar-refractivity contribution in [3.63, 3.8) is 0 Å². The van der Waals surface area contributed by atoms with Crippen LogP contribution < -0.4 is 5.32 Å². The van der Waals surface area contributed by atoms with E-state index in [0.717, 1.165) is 17.5 Å². The highest BCUT2D eigenvalue weighted by molar-refractivity contribution is 6.30. The van der Waals surface area contributed by atoms with Crippen LogP contribution in [-0.2, 0) is 6.42 Å². The summed E-state index contributed by atoms with van der Waals surface area (Å²) < 4.78 is 0. The molecule has 1 N–H and O–H groups in total. The van der Waals surface area contributed by atoms with Crippen LogP contribution in [0.2, 0.25) is 5.02 Å². The minimum Gasteiger partial charge on any atom is -0.311 e. The fourth-order valence-corrected chi connectivity index (χ4v) is 2.14. The second-order valence-corrected chi connectivity index (χ2v) is 4.96. The van der Waals surface area contributed by atoms with E-state index in [1.54, 1.807) is 0 Å². The van der Waals surface area contributed by atoms with Crippen molar-refractivity contribution >= 4 is 11.6 Å². The maximum absolute atomic E-state index is 5.85. The summed E-state index contributed by atoms with van der Waals surface area (Å²) in [5.41, 5.74) is 1.36. The molecule has 2 heteroatoms. The van der Waals surface area contributed by atoms with Gasteiger partial charge in [0.25, 0.3) is 0 Å². The van der Waals surface area contributed by atoms with E-state index in [9.17, 15) is 0 Å². The second kappa shape index (κ2) is 5.00. The molecule has 1 fully saturated rings. The molecule has 1 unspecified atom stereocenters. The van der Waals surface area contributed by atoms with Gasteiger partial charge in [0.1, 0.15) is 0 Å². The Kier molecular flexibility index (Phi) is 3.66. The lowest BCUT2D eigenvalue weighted by molar-refractivity contribution is 0.310. The average molecular weight is 224 g/mol. The van der Waals surface area contributed by atoms with Gasteiger partial charge in [-0.15, -0.1) is 0 Å². The van der Waals surface area contributed by atoms with E-state index in [1.807, 2.05) is 12.1 Å². The normalized spacial score (nSPS) is 18.5. The van der Waals surface area contributed by atoms with Crippen LogP contribution in [0.4, 0.5) is 0 Å². The fourth-order valence-electron chi connectivity index (χ4n) is 2.01. The Labute approximate surface area is 96.8 Å². The fraction of sp³-hybridized carbons (Fsp3) is 0.538. The summed E-state index contributed by atoms with van der Waals surface area (Å²) >= 11 is 5.85. The largest absolute Gasteiger partial charge is 0.311 e. The van der Waals surface area contributed by atoms with E-state index in [0.29, 0.717) is 6.04 Å². The van der Waals surface area contributed by atoms with Crippen LogP contribution >= 0.6 is 11.6 Å². The maximum atomic E-state index is 5.85. The lowest BCUT2D eigenvalue weighted by atomic mass is 9.92. The summed E-state index contributed by atoms with van der Waals surface area (Å²) in [6.07, 6.45) is 5.19. The summed E-state index contributed by atoms with van der Waals surface area (Å²) in [6, 6.07) is 9.49. The van der Waals surface area contributed by atoms with Crippen LogP contribution in [0, 0.1) is 0 Å². The minimum absolute atomic E-state index is 0.566. The Hall–Kier alpha value is -0.530. The van der Waals surface area contributed by atoms with Gasteiger partial charge in [0.05, 0.1) is 0 Å². The molecule has 82 valence electrons. The lowest BCUT2D eigenvalue weighted by Crippen LogP contribution is -2.41. The van der Waals surface area contributed by atoms with Gasteiger partial charge in [0.15, 0.2) is 0 Å². The van der Waals surface area contributed by atoms with Crippen molar-refractivity contribution in [3.05, 3.63) is 34.9 Å². The number of benzene rings is 1. The van der Waals surface area contributed by atoms with Crippen LogP contribution in [0.3, 0.4) is 0 Å². The van der Waals surface area contributed by atoms with Gasteiger partial charge in [-0.05, 0) is 43.9 Å². The number of nitrogens with one attached hydrogen (secondary N) is 1. The highest BCUT2D eigenvalue weighted by Gasteiger charge is 2.18. The van der Waals surface area contributed by atoms with Crippen molar-refractivity contribution in [3.8, 4) is 0 Å². The molecule has 0 radical (unpaired) electrons. The van der Waals surface area contributed by atoms with Crippen LogP contribution in [0.1, 0.15) is 31.7 Å². The zero-order valence-corrected chi connectivity index (χ0v) is 9.93. The molecule has 0 amide bonds. The Bertz CT molecular complexity index is 303. The topological polar surface area (TPSA) is 12.0 Å². The van der Waals surface area contributed by atoms with Crippen LogP contribution in [0.15, 0.2) is 24.3 Å². The molecule has 1 atom stereocenters. The summed E-state index contributed by atoms with van der Waals surface area (Å²) in [5.74, 6) is 0. The first kappa shape index (κ1) is 11.0. The van der Waals surface area contributed by atoms with E-state index in [1.165, 1.54) is 24.8 Å². The number of hydrogen-bond acceptors (Lipinski definition) is 1. The van der Waals surface area contributed by atoms with Gasteiger partial charge in [0.2, 0.25) is 0 Å². The average Bonchev–Trinajstić information content (AvgIpc) is 2.16. The van der Waals surface area contributed by atoms with Crippen molar-refractivity contribution < 1.29 is 0 Å². The molecule has 1 aliphatic carbocycles. The Morgan fingerprint density at radius 2 is 2.00 bits per heavy atom. The Morgan fingerprint density at radius 1 is 1.33 bits per heavy atom. The van der Waals surface area contributed by atoms with Crippen LogP contribution in [0.25, 0.3) is 0 Å². The highest BCUT2D eigenvalue weighted by atomic mass is 35.5. The van der Waals surface area contributed by atoms with Crippen molar-refractivity contribution in [2.24, 2.45) is 0 Å². The molecular weight excluding hydrogens is 206 g/mol. The van der Waals surface area contributed by atoms with Crippen LogP contribution in [0.5, 0.6) is 0 Å². The monoisotopic (exact) mass is 223 g/mol. The van der Waals surface area contributed by atoms with Crippen molar-refractivity contribution in [1.82, 2.24) is 5.32 Å². The first-order chi connectivity index (χ1) is 7.24. The van der Waals surface area contributed by atoms with Gasteiger partial charge in [-0.3, -0.25) is 0 Å². The van der Waals surface area contributed by atoms with Crippen molar-refractivity contribution in [1.29, 1.82) is 0 Å². The van der Waals surface area contributed by atoms with Gasteiger partial charge < -0.3 is 5.32 Å². The van der Waals surface area contributed by atoms with Crippen LogP contribution in [-0.4, -0.2) is 12.1 Å². The van der Waals surface area contributed by atoms with E-state index in [2.05, 4.69) is 24.4 Å². The molecule has 1 aromatic rings. The van der Waals surface area contributed by atoms with Gasteiger partial charge in [0, 0.05) is 17.1 Å². The molecule has 0 saturated heterocycles. The minimum atomic E-state index is 0.566. The first-order valence-corrected chi connectivity index (χ1v) is 6.12. The molecular formula is C13H18ClN. The summed E-state index contributed by atoms with van der Waals surface area (Å²) in [4.78, 5) is 0. The highest BCUT2D eigenvalue weighted by Crippen LogP contribution is 2.19. The molecule has 1 saturated carbocycles. The van der Waals surface area contributed by atoms with Gasteiger partial charge in [-0.2, -0.15) is 0 Å². The SMILES string of the molecule is CC(Cc1ccc(Cl)cc1)NC1CCC1. The second-order valence-electron chi connectivity index (χ2n) is 4.53. The zero-order valence-electron chi connectivity index (χ0n) is 9.17. The predicted molar refractivity (Wildman–Crippen MR) is 65.4 cm³/mol. The smallest absolute Gasteiger partial charge is 0.0406 e. The van der Waals surface area contributed by atoms with Crippen molar-refractivity contribution in [2.75, 3.05) is 0 Å². The number of hydrogen-bond donors (Lipinski definition) is 1. The molecule has 1 aliphatic rings. The van der Waals surface area contributed by atoms with E-state index in [4.69, 9.17) is 11.6 Å². The Morgan fingerprint density at radius 3 is 2.53 bits per heavy atom. The first-order valence-electron chi connectivity index (χ1n) is 5.74. The molecule has 0 spiro atoms. The molecule has 0 heterocycles. The Balaban J connectivity index is 1.82. The van der Waals surface area contributed by atoms with E-state index < -0.39 is 0 Å². The molecule has 15 heavy (non-hydrogen) atoms. The third kappa shape index (κ3) is 3.22. The summed E-state index contributed by atoms with van der Waals surface area (Å²) in [5, 5.41) is 4.46. The van der Waals surface area contributed by atoms with Gasteiger partial charge >= 0.3 is 0 Å². The van der Waals surface area contributed by atoms with E-state index >= 15 is 0 Å². The zero-order chi connectivity index (χ0) is 10.7. The predicted octanol–water partition coefficient (Wildman–Crippen LogP) is 3.41. The number of rotatable bonds is 4. The molecule has 2 rings (SSSR count). The molecule has 1 aromatic carbocycles. The number of halogens is 1. The van der Waals surface area contributed by atoms with Gasteiger partial charge in [-0.1, -0.05) is 30.2 Å².